The third kappa shape index (κ3) is 5.13. The largest absolute Gasteiger partial charge is 0.488 e. The number of hydrogen-bond acceptors (Lipinski definition) is 3. The second-order valence-electron chi connectivity index (χ2n) is 3.50. The van der Waals surface area contributed by atoms with Crippen LogP contribution >= 0.6 is 45.2 Å². The first kappa shape index (κ1) is 15.7. The van der Waals surface area contributed by atoms with E-state index >= 15 is 0 Å². The standard InChI is InChI=1S/C13H14I2O3/c1-3-17-13(16)5-4-6-18-12-7-9(2)10(14)8-11(12)15/h4-5,7-8H,3,6H2,1-2H3/b5-4+. The van der Waals surface area contributed by atoms with Gasteiger partial charge in [0.05, 0.1) is 10.2 Å². The van der Waals surface area contributed by atoms with E-state index in [2.05, 4.69) is 51.2 Å². The summed E-state index contributed by atoms with van der Waals surface area (Å²) in [7, 11) is 0. The highest BCUT2D eigenvalue weighted by Crippen LogP contribution is 2.26. The van der Waals surface area contributed by atoms with E-state index in [4.69, 9.17) is 9.47 Å². The molecule has 0 saturated carbocycles. The molecule has 0 fully saturated rings. The smallest absolute Gasteiger partial charge is 0.330 e. The van der Waals surface area contributed by atoms with Gasteiger partial charge in [-0.2, -0.15) is 0 Å². The topological polar surface area (TPSA) is 35.5 Å². The lowest BCUT2D eigenvalue weighted by Gasteiger charge is -2.08. The average Bonchev–Trinajstić information content (AvgIpc) is 2.31. The van der Waals surface area contributed by atoms with Gasteiger partial charge >= 0.3 is 5.97 Å². The zero-order valence-electron chi connectivity index (χ0n) is 10.2. The summed E-state index contributed by atoms with van der Waals surface area (Å²) in [5, 5.41) is 0. The van der Waals surface area contributed by atoms with Crippen molar-refractivity contribution in [2.75, 3.05) is 13.2 Å². The number of esters is 1. The van der Waals surface area contributed by atoms with Gasteiger partial charge in [-0.3, -0.25) is 0 Å². The lowest BCUT2D eigenvalue weighted by Crippen LogP contribution is -2.01. The van der Waals surface area contributed by atoms with Crippen molar-refractivity contribution < 1.29 is 14.3 Å². The van der Waals surface area contributed by atoms with Crippen LogP contribution in [0.5, 0.6) is 5.75 Å². The molecule has 98 valence electrons. The van der Waals surface area contributed by atoms with E-state index in [1.54, 1.807) is 13.0 Å². The van der Waals surface area contributed by atoms with E-state index in [0.717, 1.165) is 9.32 Å². The number of hydrogen-bond donors (Lipinski definition) is 0. The fourth-order valence-corrected chi connectivity index (χ4v) is 2.90. The van der Waals surface area contributed by atoms with Gasteiger partial charge in [-0.15, -0.1) is 0 Å². The zero-order chi connectivity index (χ0) is 13.5. The molecule has 0 unspecified atom stereocenters. The normalized spacial score (nSPS) is 10.7. The summed E-state index contributed by atoms with van der Waals surface area (Å²) >= 11 is 4.53. The number of aryl methyl sites for hydroxylation is 1. The second kappa shape index (κ2) is 7.98. The van der Waals surface area contributed by atoms with Crippen molar-refractivity contribution in [1.29, 1.82) is 0 Å². The minimum absolute atomic E-state index is 0.338. The Balaban J connectivity index is 2.54. The highest BCUT2D eigenvalue weighted by molar-refractivity contribution is 14.1. The van der Waals surface area contributed by atoms with E-state index in [1.807, 2.05) is 13.0 Å². The molecule has 0 aromatic heterocycles. The van der Waals surface area contributed by atoms with Crippen LogP contribution < -0.4 is 4.74 Å². The molecular formula is C13H14I2O3. The number of carbonyl (C=O) groups is 1. The molecular weight excluding hydrogens is 458 g/mol. The molecule has 0 aliphatic rings. The van der Waals surface area contributed by atoms with Gasteiger partial charge in [-0.05, 0) is 82.8 Å². The minimum Gasteiger partial charge on any atom is -0.488 e. The Labute approximate surface area is 134 Å². The first-order valence-corrected chi connectivity index (χ1v) is 7.62. The first-order chi connectivity index (χ1) is 8.54. The second-order valence-corrected chi connectivity index (χ2v) is 5.82. The first-order valence-electron chi connectivity index (χ1n) is 5.46. The Morgan fingerprint density at radius 2 is 2.06 bits per heavy atom. The van der Waals surface area contributed by atoms with Crippen molar-refractivity contribution in [1.82, 2.24) is 0 Å². The van der Waals surface area contributed by atoms with Crippen LogP contribution in [0.2, 0.25) is 0 Å². The van der Waals surface area contributed by atoms with Crippen molar-refractivity contribution in [3.05, 3.63) is 37.0 Å². The van der Waals surface area contributed by atoms with Gasteiger partial charge in [0, 0.05) is 9.65 Å². The number of halogens is 2. The minimum atomic E-state index is -0.338. The molecule has 0 aliphatic heterocycles. The molecule has 0 bridgehead atoms. The maximum atomic E-state index is 11.1. The highest BCUT2D eigenvalue weighted by atomic mass is 127. The van der Waals surface area contributed by atoms with Crippen molar-refractivity contribution in [3.8, 4) is 5.75 Å². The summed E-state index contributed by atoms with van der Waals surface area (Å²) < 4.78 is 12.6. The summed E-state index contributed by atoms with van der Waals surface area (Å²) in [5.74, 6) is 0.497. The number of rotatable bonds is 5. The molecule has 5 heteroatoms. The van der Waals surface area contributed by atoms with Crippen LogP contribution in [0.3, 0.4) is 0 Å². The fraction of sp³-hybridized carbons (Fsp3) is 0.308. The predicted octanol–water partition coefficient (Wildman–Crippen LogP) is 3.70. The Kier molecular flexibility index (Phi) is 6.98. The lowest BCUT2D eigenvalue weighted by atomic mass is 10.2. The molecule has 3 nitrogen and oxygen atoms in total. The molecule has 1 aromatic rings. The van der Waals surface area contributed by atoms with Gasteiger partial charge in [-0.25, -0.2) is 4.79 Å². The average molecular weight is 472 g/mol. The maximum Gasteiger partial charge on any atom is 0.330 e. The van der Waals surface area contributed by atoms with Crippen LogP contribution in [0.4, 0.5) is 0 Å². The summed E-state index contributed by atoms with van der Waals surface area (Å²) in [6, 6.07) is 4.07. The summed E-state index contributed by atoms with van der Waals surface area (Å²) in [4.78, 5) is 11.1. The van der Waals surface area contributed by atoms with E-state index < -0.39 is 0 Å². The quantitative estimate of drug-likeness (QED) is 0.373. The SMILES string of the molecule is CCOC(=O)/C=C/COc1cc(C)c(I)cc1I. The third-order valence-electron chi connectivity index (χ3n) is 2.09. The molecule has 1 aromatic carbocycles. The summed E-state index contributed by atoms with van der Waals surface area (Å²) in [6.45, 7) is 4.56. The van der Waals surface area contributed by atoms with E-state index in [-0.39, 0.29) is 5.97 Å². The van der Waals surface area contributed by atoms with E-state index in [1.165, 1.54) is 15.2 Å². The van der Waals surface area contributed by atoms with Gasteiger partial charge in [0.2, 0.25) is 0 Å². The molecule has 0 amide bonds. The Bertz CT molecular complexity index is 456. The molecule has 1 rings (SSSR count). The van der Waals surface area contributed by atoms with E-state index in [9.17, 15) is 4.79 Å². The monoisotopic (exact) mass is 472 g/mol. The maximum absolute atomic E-state index is 11.1. The number of ether oxygens (including phenoxy) is 2. The van der Waals surface area contributed by atoms with Crippen LogP contribution in [-0.2, 0) is 9.53 Å². The van der Waals surface area contributed by atoms with Gasteiger partial charge < -0.3 is 9.47 Å². The Morgan fingerprint density at radius 1 is 1.33 bits per heavy atom. The van der Waals surface area contributed by atoms with Gasteiger partial charge in [-0.1, -0.05) is 0 Å². The molecule has 0 atom stereocenters. The van der Waals surface area contributed by atoms with Gasteiger partial charge in [0.1, 0.15) is 12.4 Å². The van der Waals surface area contributed by atoms with Crippen LogP contribution in [-0.4, -0.2) is 19.2 Å². The highest BCUT2D eigenvalue weighted by Gasteiger charge is 2.04. The molecule has 0 aliphatic carbocycles. The Hall–Kier alpha value is -0.310. The zero-order valence-corrected chi connectivity index (χ0v) is 14.5. The van der Waals surface area contributed by atoms with Crippen LogP contribution in [0, 0.1) is 14.1 Å². The van der Waals surface area contributed by atoms with E-state index in [0.29, 0.717) is 13.2 Å². The fourth-order valence-electron chi connectivity index (χ4n) is 1.21. The molecule has 0 heterocycles. The summed E-state index contributed by atoms with van der Waals surface area (Å²) in [6.07, 6.45) is 3.04. The molecule has 0 saturated heterocycles. The van der Waals surface area contributed by atoms with Crippen molar-refractivity contribution in [2.45, 2.75) is 13.8 Å². The lowest BCUT2D eigenvalue weighted by molar-refractivity contribution is -0.137. The van der Waals surface area contributed by atoms with Gasteiger partial charge in [0.15, 0.2) is 0 Å². The molecule has 0 N–H and O–H groups in total. The molecule has 0 radical (unpaired) electrons. The van der Waals surface area contributed by atoms with Crippen molar-refractivity contribution in [2.24, 2.45) is 0 Å². The van der Waals surface area contributed by atoms with Crippen molar-refractivity contribution in [3.63, 3.8) is 0 Å². The third-order valence-corrected chi connectivity index (χ3v) is 4.09. The number of carbonyl (C=O) groups excluding carboxylic acids is 1. The summed E-state index contributed by atoms with van der Waals surface area (Å²) in [5.41, 5.74) is 1.18. The Morgan fingerprint density at radius 3 is 2.72 bits per heavy atom. The van der Waals surface area contributed by atoms with Crippen LogP contribution in [0.15, 0.2) is 24.3 Å². The van der Waals surface area contributed by atoms with Gasteiger partial charge in [0.25, 0.3) is 0 Å². The predicted molar refractivity (Wildman–Crippen MR) is 87.9 cm³/mol. The molecule has 0 spiro atoms. The van der Waals surface area contributed by atoms with Crippen LogP contribution in [0.1, 0.15) is 12.5 Å². The molecule has 18 heavy (non-hydrogen) atoms. The van der Waals surface area contributed by atoms with Crippen molar-refractivity contribution >= 4 is 51.2 Å². The number of benzene rings is 1. The van der Waals surface area contributed by atoms with Crippen LogP contribution in [0.25, 0.3) is 0 Å².